The van der Waals surface area contributed by atoms with Gasteiger partial charge in [-0.2, -0.15) is 0 Å². The van der Waals surface area contributed by atoms with Crippen molar-refractivity contribution in [2.24, 2.45) is 5.73 Å². The number of aliphatic hydroxyl groups excluding tert-OH is 1. The minimum absolute atomic E-state index is 0.200. The Kier molecular flexibility index (Phi) is 8.27. The zero-order valence-electron chi connectivity index (χ0n) is 9.35. The van der Waals surface area contributed by atoms with Crippen molar-refractivity contribution in [2.75, 3.05) is 26.2 Å². The molecule has 0 rings (SSSR count). The molecule has 4 N–H and O–H groups in total. The molecule has 0 aliphatic carbocycles. The summed E-state index contributed by atoms with van der Waals surface area (Å²) in [4.78, 5) is 12.6. The molecule has 0 amide bonds. The predicted molar refractivity (Wildman–Crippen MR) is 58.7 cm³/mol. The molecule has 1 unspecified atom stereocenters. The molecule has 0 radical (unpaired) electrons. The summed E-state index contributed by atoms with van der Waals surface area (Å²) in [5, 5.41) is 17.2. The molecule has 0 aromatic heterocycles. The monoisotopic (exact) mass is 218 g/mol. The number of nitrogens with zero attached hydrogens (tertiary/aromatic N) is 1. The van der Waals surface area contributed by atoms with Gasteiger partial charge in [-0.05, 0) is 32.4 Å². The normalized spacial score (nSPS) is 13.1. The molecule has 0 spiro atoms. The summed E-state index contributed by atoms with van der Waals surface area (Å²) in [5.41, 5.74) is 5.39. The van der Waals surface area contributed by atoms with Crippen LogP contribution < -0.4 is 5.73 Å². The van der Waals surface area contributed by atoms with E-state index in [-0.39, 0.29) is 6.61 Å². The Labute approximate surface area is 90.9 Å². The van der Waals surface area contributed by atoms with Gasteiger partial charge in [-0.3, -0.25) is 4.79 Å². The van der Waals surface area contributed by atoms with E-state index in [4.69, 9.17) is 15.9 Å². The largest absolute Gasteiger partial charge is 0.480 e. The molecular weight excluding hydrogens is 196 g/mol. The van der Waals surface area contributed by atoms with Gasteiger partial charge in [-0.15, -0.1) is 0 Å². The standard InChI is InChI=1S/C10H22N2O3/c1-2-12(7-4-8-13)6-3-5-9(11)10(14)15/h9,13H,2-8,11H2,1H3,(H,14,15). The van der Waals surface area contributed by atoms with E-state index in [1.165, 1.54) is 0 Å². The molecular formula is C10H22N2O3. The maximum atomic E-state index is 10.4. The molecule has 0 aliphatic rings. The van der Waals surface area contributed by atoms with Gasteiger partial charge in [0, 0.05) is 13.2 Å². The van der Waals surface area contributed by atoms with Crippen LogP contribution in [0, 0.1) is 0 Å². The Bertz CT molecular complexity index is 176. The van der Waals surface area contributed by atoms with E-state index in [0.717, 1.165) is 32.5 Å². The van der Waals surface area contributed by atoms with E-state index < -0.39 is 12.0 Å². The molecule has 0 aromatic rings. The van der Waals surface area contributed by atoms with E-state index in [9.17, 15) is 4.79 Å². The summed E-state index contributed by atoms with van der Waals surface area (Å²) < 4.78 is 0. The third-order valence-corrected chi connectivity index (χ3v) is 2.39. The highest BCUT2D eigenvalue weighted by atomic mass is 16.4. The van der Waals surface area contributed by atoms with Gasteiger partial charge in [0.15, 0.2) is 0 Å². The van der Waals surface area contributed by atoms with E-state index in [2.05, 4.69) is 11.8 Å². The fraction of sp³-hybridized carbons (Fsp3) is 0.900. The minimum atomic E-state index is -0.937. The number of rotatable bonds is 9. The summed E-state index contributed by atoms with van der Waals surface area (Å²) in [6, 6.07) is -0.749. The SMILES string of the molecule is CCN(CCCO)CCCC(N)C(=O)O. The average Bonchev–Trinajstić information content (AvgIpc) is 2.22. The van der Waals surface area contributed by atoms with Crippen molar-refractivity contribution in [1.82, 2.24) is 4.90 Å². The lowest BCUT2D eigenvalue weighted by Crippen LogP contribution is -2.32. The van der Waals surface area contributed by atoms with Gasteiger partial charge in [0.25, 0.3) is 0 Å². The molecule has 0 aromatic carbocycles. The smallest absolute Gasteiger partial charge is 0.320 e. The van der Waals surface area contributed by atoms with Gasteiger partial charge >= 0.3 is 5.97 Å². The van der Waals surface area contributed by atoms with Gasteiger partial charge in [0.2, 0.25) is 0 Å². The Morgan fingerprint density at radius 3 is 2.47 bits per heavy atom. The number of aliphatic hydroxyl groups is 1. The molecule has 15 heavy (non-hydrogen) atoms. The first-order chi connectivity index (χ1) is 7.11. The maximum absolute atomic E-state index is 10.4. The Hall–Kier alpha value is -0.650. The highest BCUT2D eigenvalue weighted by Gasteiger charge is 2.11. The van der Waals surface area contributed by atoms with Crippen LogP contribution in [0.4, 0.5) is 0 Å². The summed E-state index contributed by atoms with van der Waals surface area (Å²) in [6.45, 7) is 4.87. The second-order valence-corrected chi connectivity index (χ2v) is 3.60. The van der Waals surface area contributed by atoms with Crippen LogP contribution in [0.2, 0.25) is 0 Å². The lowest BCUT2D eigenvalue weighted by Gasteiger charge is -2.20. The van der Waals surface area contributed by atoms with E-state index in [1.807, 2.05) is 0 Å². The molecule has 0 bridgehead atoms. The van der Waals surface area contributed by atoms with Crippen LogP contribution in [0.1, 0.15) is 26.2 Å². The summed E-state index contributed by atoms with van der Waals surface area (Å²) in [7, 11) is 0. The number of hydrogen-bond donors (Lipinski definition) is 3. The number of carboxylic acid groups (broad SMARTS) is 1. The highest BCUT2D eigenvalue weighted by Crippen LogP contribution is 1.99. The van der Waals surface area contributed by atoms with Crippen molar-refractivity contribution in [1.29, 1.82) is 0 Å². The van der Waals surface area contributed by atoms with Gasteiger partial charge < -0.3 is 20.8 Å². The Morgan fingerprint density at radius 1 is 1.40 bits per heavy atom. The summed E-state index contributed by atoms with van der Waals surface area (Å²) in [6.07, 6.45) is 2.05. The molecule has 0 fully saturated rings. The maximum Gasteiger partial charge on any atom is 0.320 e. The third-order valence-electron chi connectivity index (χ3n) is 2.39. The van der Waals surface area contributed by atoms with E-state index >= 15 is 0 Å². The molecule has 0 aliphatic heterocycles. The number of carboxylic acids is 1. The van der Waals surface area contributed by atoms with Gasteiger partial charge in [0.05, 0.1) is 0 Å². The second kappa shape index (κ2) is 8.64. The van der Waals surface area contributed by atoms with Crippen molar-refractivity contribution in [3.8, 4) is 0 Å². The predicted octanol–water partition coefficient (Wildman–Crippen LogP) is -0.117. The molecule has 0 saturated carbocycles. The Morgan fingerprint density at radius 2 is 2.00 bits per heavy atom. The van der Waals surface area contributed by atoms with Crippen molar-refractivity contribution >= 4 is 5.97 Å². The van der Waals surface area contributed by atoms with Crippen LogP contribution in [-0.2, 0) is 4.79 Å². The van der Waals surface area contributed by atoms with Crippen molar-refractivity contribution in [3.63, 3.8) is 0 Å². The van der Waals surface area contributed by atoms with Crippen LogP contribution in [-0.4, -0.2) is 53.4 Å². The molecule has 90 valence electrons. The second-order valence-electron chi connectivity index (χ2n) is 3.60. The first-order valence-corrected chi connectivity index (χ1v) is 5.43. The molecule has 1 atom stereocenters. The first kappa shape index (κ1) is 14.3. The average molecular weight is 218 g/mol. The molecule has 0 heterocycles. The zero-order chi connectivity index (χ0) is 11.7. The molecule has 5 heteroatoms. The van der Waals surface area contributed by atoms with Gasteiger partial charge in [-0.1, -0.05) is 6.92 Å². The quantitative estimate of drug-likeness (QED) is 0.502. The number of aliphatic carboxylic acids is 1. The van der Waals surface area contributed by atoms with E-state index in [0.29, 0.717) is 6.42 Å². The lowest BCUT2D eigenvalue weighted by atomic mass is 10.1. The molecule has 5 nitrogen and oxygen atoms in total. The zero-order valence-corrected chi connectivity index (χ0v) is 9.35. The lowest BCUT2D eigenvalue weighted by molar-refractivity contribution is -0.138. The van der Waals surface area contributed by atoms with Gasteiger partial charge in [-0.25, -0.2) is 0 Å². The minimum Gasteiger partial charge on any atom is -0.480 e. The number of nitrogens with two attached hydrogens (primary N) is 1. The number of hydrogen-bond acceptors (Lipinski definition) is 4. The highest BCUT2D eigenvalue weighted by molar-refractivity contribution is 5.72. The van der Waals surface area contributed by atoms with Crippen molar-refractivity contribution in [2.45, 2.75) is 32.2 Å². The van der Waals surface area contributed by atoms with Crippen LogP contribution in [0.15, 0.2) is 0 Å². The summed E-state index contributed by atoms with van der Waals surface area (Å²) in [5.74, 6) is -0.937. The van der Waals surface area contributed by atoms with Crippen LogP contribution in [0.3, 0.4) is 0 Å². The number of carbonyl (C=O) groups is 1. The van der Waals surface area contributed by atoms with Crippen LogP contribution in [0.5, 0.6) is 0 Å². The first-order valence-electron chi connectivity index (χ1n) is 5.43. The van der Waals surface area contributed by atoms with Crippen LogP contribution in [0.25, 0.3) is 0 Å². The van der Waals surface area contributed by atoms with Crippen LogP contribution >= 0.6 is 0 Å². The fourth-order valence-electron chi connectivity index (χ4n) is 1.38. The van der Waals surface area contributed by atoms with Gasteiger partial charge in [0.1, 0.15) is 6.04 Å². The van der Waals surface area contributed by atoms with E-state index in [1.54, 1.807) is 0 Å². The van der Waals surface area contributed by atoms with Crippen molar-refractivity contribution < 1.29 is 15.0 Å². The van der Waals surface area contributed by atoms with Crippen molar-refractivity contribution in [3.05, 3.63) is 0 Å². The molecule has 0 saturated heterocycles. The fourth-order valence-corrected chi connectivity index (χ4v) is 1.38. The topological polar surface area (TPSA) is 86.8 Å². The Balaban J connectivity index is 3.57. The third kappa shape index (κ3) is 7.30. The summed E-state index contributed by atoms with van der Waals surface area (Å²) >= 11 is 0.